The van der Waals surface area contributed by atoms with Gasteiger partial charge in [-0.15, -0.1) is 0 Å². The van der Waals surface area contributed by atoms with Crippen LogP contribution in [-0.2, 0) is 17.4 Å². The normalized spacial score (nSPS) is 13.0. The van der Waals surface area contributed by atoms with Gasteiger partial charge in [-0.05, 0) is 50.5 Å². The van der Waals surface area contributed by atoms with E-state index >= 15 is 0 Å². The predicted octanol–water partition coefficient (Wildman–Crippen LogP) is 3.90. The predicted molar refractivity (Wildman–Crippen MR) is 93.5 cm³/mol. The van der Waals surface area contributed by atoms with Gasteiger partial charge in [0.2, 0.25) is 0 Å². The first-order valence-corrected chi connectivity index (χ1v) is 8.55. The number of aryl methyl sites for hydroxylation is 3. The summed E-state index contributed by atoms with van der Waals surface area (Å²) in [6.45, 7) is 8.15. The van der Waals surface area contributed by atoms with E-state index < -0.39 is 11.0 Å². The quantitative estimate of drug-likeness (QED) is 0.660. The molecule has 0 spiro atoms. The van der Waals surface area contributed by atoms with E-state index in [1.807, 2.05) is 38.1 Å². The molecule has 0 saturated carbocycles. The van der Waals surface area contributed by atoms with E-state index in [9.17, 15) is 4.21 Å². The molecule has 1 atom stereocenters. The average molecular weight is 314 g/mol. The van der Waals surface area contributed by atoms with Crippen molar-refractivity contribution in [2.24, 2.45) is 5.10 Å². The molecule has 1 N–H and O–H groups in total. The van der Waals surface area contributed by atoms with Crippen molar-refractivity contribution in [3.8, 4) is 0 Å². The molecule has 0 aromatic heterocycles. The maximum absolute atomic E-state index is 12.2. The molecule has 116 valence electrons. The molecule has 1 unspecified atom stereocenters. The molecule has 0 aliphatic rings. The average Bonchev–Trinajstić information content (AvgIpc) is 2.52. The highest BCUT2D eigenvalue weighted by Crippen LogP contribution is 2.16. The smallest absolute Gasteiger partial charge is 0.166 e. The Hall–Kier alpha value is -1.94. The summed E-state index contributed by atoms with van der Waals surface area (Å²) in [7, 11) is -1.34. The van der Waals surface area contributed by atoms with E-state index in [-0.39, 0.29) is 0 Å². The minimum atomic E-state index is -1.34. The Morgan fingerprint density at radius 1 is 1.14 bits per heavy atom. The molecule has 0 amide bonds. The van der Waals surface area contributed by atoms with Gasteiger partial charge in [-0.1, -0.05) is 42.8 Å². The summed E-state index contributed by atoms with van der Waals surface area (Å²) in [4.78, 5) is 3.48. The highest BCUT2D eigenvalue weighted by atomic mass is 32.2. The summed E-state index contributed by atoms with van der Waals surface area (Å²) >= 11 is 0. The molecule has 2 aromatic rings. The van der Waals surface area contributed by atoms with Crippen LogP contribution in [0.1, 0.15) is 36.1 Å². The molecule has 0 fully saturated rings. The lowest BCUT2D eigenvalue weighted by Crippen LogP contribution is -2.14. The molecule has 0 saturated heterocycles. The SMILES string of the molecule is CCc1cccc(C)c1/C(C)=N/NS(=O)c1ccc(C)cc1. The Morgan fingerprint density at radius 3 is 2.45 bits per heavy atom. The van der Waals surface area contributed by atoms with E-state index in [0.29, 0.717) is 0 Å². The van der Waals surface area contributed by atoms with Gasteiger partial charge in [-0.25, -0.2) is 9.04 Å². The largest absolute Gasteiger partial charge is 0.230 e. The number of nitrogens with zero attached hydrogens (tertiary/aromatic N) is 1. The molecule has 0 radical (unpaired) electrons. The van der Waals surface area contributed by atoms with Crippen LogP contribution in [0.15, 0.2) is 52.5 Å². The van der Waals surface area contributed by atoms with E-state index in [1.54, 1.807) is 0 Å². The second-order valence-corrected chi connectivity index (χ2v) is 6.52. The number of benzene rings is 2. The number of hydrogen-bond acceptors (Lipinski definition) is 2. The second kappa shape index (κ2) is 7.36. The topological polar surface area (TPSA) is 41.5 Å². The van der Waals surface area contributed by atoms with Crippen LogP contribution in [0.25, 0.3) is 0 Å². The standard InChI is InChI=1S/C18H22N2OS/c1-5-16-8-6-7-14(3)18(16)15(4)19-20-22(21)17-11-9-13(2)10-12-17/h6-12,20H,5H2,1-4H3/b19-15+. The van der Waals surface area contributed by atoms with Crippen LogP contribution in [0.5, 0.6) is 0 Å². The fourth-order valence-corrected chi connectivity index (χ4v) is 3.13. The van der Waals surface area contributed by atoms with Gasteiger partial charge in [0.05, 0.1) is 10.6 Å². The van der Waals surface area contributed by atoms with Crippen LogP contribution in [0, 0.1) is 13.8 Å². The second-order valence-electron chi connectivity index (χ2n) is 5.33. The molecule has 0 aliphatic carbocycles. The van der Waals surface area contributed by atoms with Crippen molar-refractivity contribution in [2.45, 2.75) is 39.0 Å². The van der Waals surface area contributed by atoms with Crippen molar-refractivity contribution >= 4 is 16.7 Å². The van der Waals surface area contributed by atoms with Gasteiger partial charge in [-0.3, -0.25) is 0 Å². The maximum Gasteiger partial charge on any atom is 0.166 e. The zero-order valence-electron chi connectivity index (χ0n) is 13.5. The summed E-state index contributed by atoms with van der Waals surface area (Å²) in [6.07, 6.45) is 0.949. The molecule has 0 bridgehead atoms. The van der Waals surface area contributed by atoms with Crippen molar-refractivity contribution in [1.29, 1.82) is 0 Å². The van der Waals surface area contributed by atoms with Gasteiger partial charge in [0, 0.05) is 5.56 Å². The van der Waals surface area contributed by atoms with Gasteiger partial charge in [0.15, 0.2) is 11.0 Å². The molecule has 0 aliphatic heterocycles. The summed E-state index contributed by atoms with van der Waals surface area (Å²) < 4.78 is 12.2. The van der Waals surface area contributed by atoms with Crippen LogP contribution in [0.4, 0.5) is 0 Å². The van der Waals surface area contributed by atoms with E-state index in [1.165, 1.54) is 11.1 Å². The molecule has 2 aromatic carbocycles. The van der Waals surface area contributed by atoms with Crippen LogP contribution in [0.3, 0.4) is 0 Å². The van der Waals surface area contributed by atoms with Crippen LogP contribution in [0.2, 0.25) is 0 Å². The third kappa shape index (κ3) is 3.83. The zero-order chi connectivity index (χ0) is 16.1. The lowest BCUT2D eigenvalue weighted by molar-refractivity contribution is 0.675. The van der Waals surface area contributed by atoms with Gasteiger partial charge in [0.25, 0.3) is 0 Å². The summed E-state index contributed by atoms with van der Waals surface area (Å²) in [5, 5.41) is 4.33. The van der Waals surface area contributed by atoms with Gasteiger partial charge >= 0.3 is 0 Å². The molecule has 2 rings (SSSR count). The zero-order valence-corrected chi connectivity index (χ0v) is 14.3. The summed E-state index contributed by atoms with van der Waals surface area (Å²) in [6, 6.07) is 13.8. The minimum Gasteiger partial charge on any atom is -0.230 e. The van der Waals surface area contributed by atoms with Crippen molar-refractivity contribution in [3.05, 3.63) is 64.7 Å². The van der Waals surface area contributed by atoms with Crippen LogP contribution in [-0.4, -0.2) is 9.92 Å². The first kappa shape index (κ1) is 16.4. The lowest BCUT2D eigenvalue weighted by atomic mass is 9.97. The van der Waals surface area contributed by atoms with Crippen molar-refractivity contribution < 1.29 is 4.21 Å². The van der Waals surface area contributed by atoms with Gasteiger partial charge in [-0.2, -0.15) is 5.10 Å². The van der Waals surface area contributed by atoms with Crippen molar-refractivity contribution in [3.63, 3.8) is 0 Å². The van der Waals surface area contributed by atoms with E-state index in [0.717, 1.165) is 28.2 Å². The summed E-state index contributed by atoms with van der Waals surface area (Å²) in [5.74, 6) is 0. The van der Waals surface area contributed by atoms with E-state index in [2.05, 4.69) is 42.0 Å². The molecule has 22 heavy (non-hydrogen) atoms. The number of hydrazone groups is 1. The highest BCUT2D eigenvalue weighted by molar-refractivity contribution is 7.83. The first-order chi connectivity index (χ1) is 10.5. The Morgan fingerprint density at radius 2 is 1.82 bits per heavy atom. The maximum atomic E-state index is 12.2. The molecule has 4 heteroatoms. The number of hydrogen-bond donors (Lipinski definition) is 1. The Labute approximate surface area is 135 Å². The minimum absolute atomic E-state index is 0.725. The van der Waals surface area contributed by atoms with Crippen molar-refractivity contribution in [2.75, 3.05) is 0 Å². The third-order valence-corrected chi connectivity index (χ3v) is 4.59. The fraction of sp³-hybridized carbons (Fsp3) is 0.278. The molecule has 3 nitrogen and oxygen atoms in total. The molecular weight excluding hydrogens is 292 g/mol. The monoisotopic (exact) mass is 314 g/mol. The van der Waals surface area contributed by atoms with Crippen molar-refractivity contribution in [1.82, 2.24) is 4.83 Å². The Kier molecular flexibility index (Phi) is 5.50. The summed E-state index contributed by atoms with van der Waals surface area (Å²) in [5.41, 5.74) is 5.58. The van der Waals surface area contributed by atoms with Gasteiger partial charge in [0.1, 0.15) is 0 Å². The Balaban J connectivity index is 2.20. The van der Waals surface area contributed by atoms with Crippen LogP contribution < -0.4 is 4.83 Å². The van der Waals surface area contributed by atoms with E-state index in [4.69, 9.17) is 0 Å². The Bertz CT molecular complexity index is 706. The van der Waals surface area contributed by atoms with Crippen LogP contribution >= 0.6 is 0 Å². The molecular formula is C18H22N2OS. The number of nitrogens with one attached hydrogen (secondary N) is 1. The third-order valence-electron chi connectivity index (χ3n) is 3.63. The first-order valence-electron chi connectivity index (χ1n) is 7.40. The number of rotatable bonds is 5. The fourth-order valence-electron chi connectivity index (χ4n) is 2.42. The highest BCUT2D eigenvalue weighted by Gasteiger charge is 2.08. The lowest BCUT2D eigenvalue weighted by Gasteiger charge is -2.11. The van der Waals surface area contributed by atoms with Gasteiger partial charge < -0.3 is 0 Å². The molecule has 0 heterocycles.